The summed E-state index contributed by atoms with van der Waals surface area (Å²) in [6.07, 6.45) is 0.420. The van der Waals surface area contributed by atoms with Crippen molar-refractivity contribution < 1.29 is 27.9 Å². The third kappa shape index (κ3) is 6.02. The highest BCUT2D eigenvalue weighted by Gasteiger charge is 2.24. The van der Waals surface area contributed by atoms with Crippen LogP contribution in [0.2, 0.25) is 0 Å². The SMILES string of the molecule is COC(=O)[C@H](Cc1ccccc1)NC(=O)c1ccc(CP(=O)(OC)OC)cc1. The first kappa shape index (κ1) is 21.8. The van der Waals surface area contributed by atoms with Crippen LogP contribution in [-0.2, 0) is 35.7 Å². The molecule has 1 N–H and O–H groups in total. The van der Waals surface area contributed by atoms with Crippen molar-refractivity contribution in [3.63, 3.8) is 0 Å². The zero-order valence-corrected chi connectivity index (χ0v) is 17.0. The van der Waals surface area contributed by atoms with Crippen molar-refractivity contribution in [3.05, 3.63) is 71.3 Å². The van der Waals surface area contributed by atoms with E-state index >= 15 is 0 Å². The molecule has 2 rings (SSSR count). The normalized spacial score (nSPS) is 12.2. The second-order valence-electron chi connectivity index (χ2n) is 6.07. The van der Waals surface area contributed by atoms with E-state index in [2.05, 4.69) is 5.32 Å². The zero-order chi connectivity index (χ0) is 20.6. The maximum absolute atomic E-state index is 12.6. The lowest BCUT2D eigenvalue weighted by atomic mass is 10.1. The molecular formula is C20H24NO6P. The Morgan fingerprint density at radius 1 is 0.929 bits per heavy atom. The van der Waals surface area contributed by atoms with Gasteiger partial charge in [0.05, 0.1) is 13.3 Å². The van der Waals surface area contributed by atoms with Crippen LogP contribution >= 0.6 is 7.60 Å². The summed E-state index contributed by atoms with van der Waals surface area (Å²) in [6.45, 7) is 0. The van der Waals surface area contributed by atoms with Gasteiger partial charge in [0, 0.05) is 26.2 Å². The van der Waals surface area contributed by atoms with Gasteiger partial charge in [-0.15, -0.1) is 0 Å². The molecule has 0 aliphatic carbocycles. The van der Waals surface area contributed by atoms with Crippen molar-refractivity contribution in [3.8, 4) is 0 Å². The highest BCUT2D eigenvalue weighted by Crippen LogP contribution is 2.49. The Kier molecular flexibility index (Phi) is 7.93. The predicted octanol–water partition coefficient (Wildman–Crippen LogP) is 3.19. The number of methoxy groups -OCH3 is 1. The van der Waals surface area contributed by atoms with Crippen molar-refractivity contribution in [1.29, 1.82) is 0 Å². The summed E-state index contributed by atoms with van der Waals surface area (Å²) < 4.78 is 26.8. The number of carbonyl (C=O) groups is 2. The summed E-state index contributed by atoms with van der Waals surface area (Å²) in [6, 6.07) is 15.1. The van der Waals surface area contributed by atoms with E-state index in [-0.39, 0.29) is 6.16 Å². The second kappa shape index (κ2) is 10.2. The number of rotatable bonds is 9. The number of amides is 1. The summed E-state index contributed by atoms with van der Waals surface area (Å²) in [4.78, 5) is 24.6. The van der Waals surface area contributed by atoms with Gasteiger partial charge in [-0.05, 0) is 23.3 Å². The van der Waals surface area contributed by atoms with Crippen LogP contribution in [0.3, 0.4) is 0 Å². The molecular weight excluding hydrogens is 381 g/mol. The first-order valence-electron chi connectivity index (χ1n) is 8.63. The molecule has 0 heterocycles. The summed E-state index contributed by atoms with van der Waals surface area (Å²) in [5.74, 6) is -0.922. The van der Waals surface area contributed by atoms with Crippen LogP contribution < -0.4 is 5.32 Å². The molecule has 0 saturated heterocycles. The topological polar surface area (TPSA) is 90.9 Å². The van der Waals surface area contributed by atoms with Gasteiger partial charge in [-0.1, -0.05) is 42.5 Å². The van der Waals surface area contributed by atoms with E-state index < -0.39 is 25.5 Å². The van der Waals surface area contributed by atoms with Crippen molar-refractivity contribution in [2.45, 2.75) is 18.6 Å². The molecule has 0 radical (unpaired) electrons. The van der Waals surface area contributed by atoms with Crippen LogP contribution in [-0.4, -0.2) is 39.2 Å². The highest BCUT2D eigenvalue weighted by atomic mass is 31.2. The fourth-order valence-electron chi connectivity index (χ4n) is 2.62. The van der Waals surface area contributed by atoms with Crippen LogP contribution in [0.15, 0.2) is 54.6 Å². The first-order valence-corrected chi connectivity index (χ1v) is 10.4. The fourth-order valence-corrected chi connectivity index (χ4v) is 3.68. The van der Waals surface area contributed by atoms with Crippen LogP contribution in [0, 0.1) is 0 Å². The van der Waals surface area contributed by atoms with Gasteiger partial charge in [0.2, 0.25) is 0 Å². The molecule has 1 atom stereocenters. The molecule has 7 nitrogen and oxygen atoms in total. The monoisotopic (exact) mass is 405 g/mol. The molecule has 0 aliphatic rings. The minimum Gasteiger partial charge on any atom is -0.467 e. The Hall–Kier alpha value is -2.47. The van der Waals surface area contributed by atoms with Crippen molar-refractivity contribution in [2.75, 3.05) is 21.3 Å². The standard InChI is InChI=1S/C20H24NO6P/c1-25-20(23)18(13-15-7-5-4-6-8-15)21-19(22)17-11-9-16(10-12-17)14-28(24,26-2)27-3/h4-12,18H,13-14H2,1-3H3,(H,21,22)/t18-/m0/s1. The van der Waals surface area contributed by atoms with Crippen LogP contribution in [0.1, 0.15) is 21.5 Å². The number of carbonyl (C=O) groups excluding carboxylic acids is 2. The number of hydrogen-bond acceptors (Lipinski definition) is 6. The van der Waals surface area contributed by atoms with Gasteiger partial charge in [-0.25, -0.2) is 4.79 Å². The number of esters is 1. The van der Waals surface area contributed by atoms with E-state index in [4.69, 9.17) is 13.8 Å². The maximum Gasteiger partial charge on any atom is 0.334 e. The van der Waals surface area contributed by atoms with E-state index in [1.54, 1.807) is 24.3 Å². The molecule has 150 valence electrons. The lowest BCUT2D eigenvalue weighted by Gasteiger charge is -2.17. The summed E-state index contributed by atoms with van der Waals surface area (Å²) >= 11 is 0. The van der Waals surface area contributed by atoms with Crippen molar-refractivity contribution in [1.82, 2.24) is 5.32 Å². The molecule has 0 aliphatic heterocycles. The lowest BCUT2D eigenvalue weighted by Crippen LogP contribution is -2.43. The van der Waals surface area contributed by atoms with Gasteiger partial charge < -0.3 is 19.1 Å². The number of nitrogens with one attached hydrogen (secondary N) is 1. The highest BCUT2D eigenvalue weighted by molar-refractivity contribution is 7.52. The third-order valence-corrected chi connectivity index (χ3v) is 6.09. The molecule has 2 aromatic carbocycles. The molecule has 2 aromatic rings. The average molecular weight is 405 g/mol. The lowest BCUT2D eigenvalue weighted by molar-refractivity contribution is -0.142. The molecule has 0 bridgehead atoms. The summed E-state index contributed by atoms with van der Waals surface area (Å²) in [5.41, 5.74) is 1.98. The van der Waals surface area contributed by atoms with Crippen molar-refractivity contribution >= 4 is 19.5 Å². The van der Waals surface area contributed by atoms with Gasteiger partial charge in [-0.2, -0.15) is 0 Å². The zero-order valence-electron chi connectivity index (χ0n) is 16.1. The van der Waals surface area contributed by atoms with Crippen molar-refractivity contribution in [2.24, 2.45) is 0 Å². The number of ether oxygens (including phenoxy) is 1. The Morgan fingerprint density at radius 2 is 1.54 bits per heavy atom. The molecule has 0 fully saturated rings. The Bertz CT molecular complexity index is 830. The third-order valence-electron chi connectivity index (χ3n) is 4.22. The maximum atomic E-state index is 12.6. The van der Waals surface area contributed by atoms with E-state index in [9.17, 15) is 14.2 Å². The molecule has 0 spiro atoms. The minimum absolute atomic E-state index is 0.0979. The Balaban J connectivity index is 2.08. The minimum atomic E-state index is -3.18. The van der Waals surface area contributed by atoms with E-state index in [1.807, 2.05) is 30.3 Å². The number of hydrogen-bond donors (Lipinski definition) is 1. The predicted molar refractivity (Wildman–Crippen MR) is 105 cm³/mol. The summed E-state index contributed by atoms with van der Waals surface area (Å²) in [7, 11) is 0.751. The fraction of sp³-hybridized carbons (Fsp3) is 0.300. The van der Waals surface area contributed by atoms with Gasteiger partial charge in [0.1, 0.15) is 6.04 Å². The van der Waals surface area contributed by atoms with Gasteiger partial charge in [-0.3, -0.25) is 9.36 Å². The number of benzene rings is 2. The largest absolute Gasteiger partial charge is 0.467 e. The molecule has 1 amide bonds. The van der Waals surface area contributed by atoms with E-state index in [0.717, 1.165) is 5.56 Å². The Labute approximate surface area is 164 Å². The van der Waals surface area contributed by atoms with Crippen LogP contribution in [0.25, 0.3) is 0 Å². The molecule has 28 heavy (non-hydrogen) atoms. The van der Waals surface area contributed by atoms with Crippen LogP contribution in [0.5, 0.6) is 0 Å². The van der Waals surface area contributed by atoms with Gasteiger partial charge in [0.15, 0.2) is 0 Å². The second-order valence-corrected chi connectivity index (χ2v) is 8.34. The van der Waals surface area contributed by atoms with Crippen LogP contribution in [0.4, 0.5) is 0 Å². The average Bonchev–Trinajstić information content (AvgIpc) is 2.73. The van der Waals surface area contributed by atoms with E-state index in [1.165, 1.54) is 21.3 Å². The Morgan fingerprint density at radius 3 is 2.07 bits per heavy atom. The smallest absolute Gasteiger partial charge is 0.334 e. The molecule has 0 unspecified atom stereocenters. The van der Waals surface area contributed by atoms with E-state index in [0.29, 0.717) is 17.5 Å². The van der Waals surface area contributed by atoms with Gasteiger partial charge in [0.25, 0.3) is 5.91 Å². The molecule has 0 aromatic heterocycles. The summed E-state index contributed by atoms with van der Waals surface area (Å²) in [5, 5.41) is 2.70. The quantitative estimate of drug-likeness (QED) is 0.509. The van der Waals surface area contributed by atoms with Gasteiger partial charge >= 0.3 is 13.6 Å². The molecule has 8 heteroatoms. The first-order chi connectivity index (χ1) is 13.4. The molecule has 0 saturated carbocycles.